The Morgan fingerprint density at radius 3 is 2.43 bits per heavy atom. The number of rotatable bonds is 4. The summed E-state index contributed by atoms with van der Waals surface area (Å²) >= 11 is 0. The van der Waals surface area contributed by atoms with E-state index in [0.29, 0.717) is 17.7 Å². The van der Waals surface area contributed by atoms with Gasteiger partial charge in [-0.15, -0.1) is 0 Å². The molecule has 0 aromatic heterocycles. The number of aromatic hydroxyl groups is 1. The van der Waals surface area contributed by atoms with E-state index in [1.807, 2.05) is 36.4 Å². The van der Waals surface area contributed by atoms with E-state index in [1.165, 1.54) is 12.1 Å². The van der Waals surface area contributed by atoms with Crippen molar-refractivity contribution in [3.05, 3.63) is 106 Å². The Morgan fingerprint density at radius 1 is 0.978 bits per heavy atom. The number of aliphatic hydroxyl groups excluding tert-OH is 1. The van der Waals surface area contributed by atoms with E-state index >= 15 is 0 Å². The van der Waals surface area contributed by atoms with Gasteiger partial charge in [-0.3, -0.25) is 4.55 Å². The van der Waals surface area contributed by atoms with Gasteiger partial charge in [0, 0.05) is 11.5 Å². The van der Waals surface area contributed by atoms with Gasteiger partial charge in [0.1, 0.15) is 17.6 Å². The van der Waals surface area contributed by atoms with Crippen LogP contribution in [0.25, 0.3) is 0 Å². The van der Waals surface area contributed by atoms with Gasteiger partial charge >= 0.3 is 0 Å². The van der Waals surface area contributed by atoms with E-state index in [2.05, 4.69) is 18.0 Å². The van der Waals surface area contributed by atoms with Gasteiger partial charge in [-0.05, 0) is 126 Å². The van der Waals surface area contributed by atoms with Crippen molar-refractivity contribution in [3.8, 4) is 11.5 Å². The highest BCUT2D eigenvalue weighted by molar-refractivity contribution is 7.86. The molecule has 3 aromatic carbocycles. The SMILES string of the molecule is CC1CCc2cc3ccc2C1CC(S(=O)(=O)O)C1C=C(C(O)c2ccc(O)cc2)CC2CCc4cc(ccc4C21)C(N=C(N)N)O3. The first-order valence-corrected chi connectivity index (χ1v) is 17.6. The van der Waals surface area contributed by atoms with Crippen LogP contribution in [-0.2, 0) is 23.0 Å². The number of phenols is 1. The highest BCUT2D eigenvalue weighted by Gasteiger charge is 2.47. The molecule has 0 spiro atoms. The van der Waals surface area contributed by atoms with Crippen LogP contribution in [0.3, 0.4) is 0 Å². The second-order valence-electron chi connectivity index (χ2n) is 13.6. The summed E-state index contributed by atoms with van der Waals surface area (Å²) in [7, 11) is -4.52. The predicted octanol–water partition coefficient (Wildman–Crippen LogP) is 5.40. The average molecular weight is 644 g/mol. The van der Waals surface area contributed by atoms with Crippen molar-refractivity contribution in [1.29, 1.82) is 0 Å². The van der Waals surface area contributed by atoms with Crippen LogP contribution in [0.5, 0.6) is 11.5 Å². The molecule has 0 fully saturated rings. The number of nitrogens with two attached hydrogens (primary N) is 2. The van der Waals surface area contributed by atoms with Crippen molar-refractivity contribution in [2.24, 2.45) is 34.2 Å². The molecule has 3 aromatic rings. The number of phenolic OH excluding ortho intramolecular Hbond substituents is 1. The maximum absolute atomic E-state index is 13.5. The molecule has 46 heavy (non-hydrogen) atoms. The van der Waals surface area contributed by atoms with Crippen LogP contribution in [0.2, 0.25) is 0 Å². The molecule has 8 atom stereocenters. The summed E-state index contributed by atoms with van der Waals surface area (Å²) in [6.07, 6.45) is 4.29. The van der Waals surface area contributed by atoms with Gasteiger partial charge in [-0.25, -0.2) is 4.99 Å². The lowest BCUT2D eigenvalue weighted by atomic mass is 9.61. The zero-order chi connectivity index (χ0) is 32.3. The normalized spacial score (nSPS) is 29.1. The molecule has 10 heteroatoms. The number of nitrogens with zero attached hydrogens (tertiary/aromatic N) is 1. The molecule has 7 aliphatic rings. The average Bonchev–Trinajstić information content (AvgIpc) is 3.02. The molecule has 3 aliphatic carbocycles. The minimum atomic E-state index is -4.52. The fourth-order valence-electron chi connectivity index (χ4n) is 8.62. The van der Waals surface area contributed by atoms with Gasteiger partial charge in [0.15, 0.2) is 5.96 Å². The maximum atomic E-state index is 13.5. The first-order chi connectivity index (χ1) is 22.0. The Kier molecular flexibility index (Phi) is 7.85. The molecular weight excluding hydrogens is 602 g/mol. The summed E-state index contributed by atoms with van der Waals surface area (Å²) in [4.78, 5) is 4.43. The zero-order valence-corrected chi connectivity index (χ0v) is 26.6. The molecule has 10 rings (SSSR count). The molecular formula is C36H41N3O6S. The third kappa shape index (κ3) is 5.67. The predicted molar refractivity (Wildman–Crippen MR) is 176 cm³/mol. The first-order valence-electron chi connectivity index (χ1n) is 16.1. The third-order valence-electron chi connectivity index (χ3n) is 10.9. The Balaban J connectivity index is 1.43. The molecule has 8 bridgehead atoms. The standard InChI is InChI=1S/C36H41N3O6S/c1-19-2-3-22-16-27-11-13-28(22)30(19)18-32(46(42,43)44)31-17-25(34(41)20-6-9-26(40)10-7-20)15-23-5-4-21-14-24(8-12-29(21)33(23)31)35(45-27)39-36(37)38/h6-14,16-17,19,23,30-35,40-41H,2-5,15,18H2,1H3,(H4,37,38,39)(H,42,43,44). The number of hydrogen-bond donors (Lipinski definition) is 5. The van der Waals surface area contributed by atoms with Crippen LogP contribution < -0.4 is 16.2 Å². The van der Waals surface area contributed by atoms with Crippen LogP contribution in [0.4, 0.5) is 0 Å². The van der Waals surface area contributed by atoms with Gasteiger partial charge in [0.05, 0.1) is 5.25 Å². The Labute approximate surface area is 269 Å². The summed E-state index contributed by atoms with van der Waals surface area (Å²) in [6.45, 7) is 2.15. The summed E-state index contributed by atoms with van der Waals surface area (Å²) in [6, 6.07) is 18.4. The molecule has 0 saturated carbocycles. The summed E-state index contributed by atoms with van der Waals surface area (Å²) < 4.78 is 44.5. The highest BCUT2D eigenvalue weighted by atomic mass is 32.2. The molecule has 242 valence electrons. The van der Waals surface area contributed by atoms with Crippen LogP contribution in [0.1, 0.15) is 90.2 Å². The number of aliphatic hydroxyl groups is 1. The number of aliphatic imine (C=N–C) groups is 1. The van der Waals surface area contributed by atoms with Crippen LogP contribution in [-0.4, -0.2) is 34.4 Å². The molecule has 0 amide bonds. The minimum absolute atomic E-state index is 0.0537. The summed E-state index contributed by atoms with van der Waals surface area (Å²) in [5.41, 5.74) is 18.1. The Bertz CT molecular complexity index is 1820. The van der Waals surface area contributed by atoms with Crippen molar-refractivity contribution in [1.82, 2.24) is 0 Å². The van der Waals surface area contributed by atoms with E-state index in [0.717, 1.165) is 59.1 Å². The van der Waals surface area contributed by atoms with E-state index in [4.69, 9.17) is 16.2 Å². The molecule has 0 saturated heterocycles. The van der Waals surface area contributed by atoms with Gasteiger partial charge in [-0.2, -0.15) is 8.42 Å². The Hall–Kier alpha value is -3.86. The number of hydrogen-bond acceptors (Lipinski definition) is 6. The Morgan fingerprint density at radius 2 is 1.70 bits per heavy atom. The lowest BCUT2D eigenvalue weighted by Gasteiger charge is -2.45. The van der Waals surface area contributed by atoms with Crippen LogP contribution >= 0.6 is 0 Å². The second-order valence-corrected chi connectivity index (χ2v) is 15.2. The van der Waals surface area contributed by atoms with E-state index < -0.39 is 33.6 Å². The number of aryl methyl sites for hydroxylation is 2. The maximum Gasteiger partial charge on any atom is 0.268 e. The van der Waals surface area contributed by atoms with E-state index in [1.54, 1.807) is 12.1 Å². The zero-order valence-electron chi connectivity index (χ0n) is 25.8. The minimum Gasteiger partial charge on any atom is -0.508 e. The quantitative estimate of drug-likeness (QED) is 0.109. The molecule has 0 radical (unpaired) electrons. The number of allylic oxidation sites excluding steroid dienone is 1. The lowest BCUT2D eigenvalue weighted by molar-refractivity contribution is 0.182. The number of benzene rings is 3. The van der Waals surface area contributed by atoms with E-state index in [9.17, 15) is 23.2 Å². The molecule has 7 N–H and O–H groups in total. The number of ether oxygens (including phenoxy) is 1. The molecule has 4 aliphatic heterocycles. The van der Waals surface area contributed by atoms with Crippen LogP contribution in [0, 0.1) is 17.8 Å². The summed E-state index contributed by atoms with van der Waals surface area (Å²) in [5.74, 6) is 0.0310. The largest absolute Gasteiger partial charge is 0.508 e. The smallest absolute Gasteiger partial charge is 0.268 e. The van der Waals surface area contributed by atoms with Crippen molar-refractivity contribution in [3.63, 3.8) is 0 Å². The van der Waals surface area contributed by atoms with Crippen molar-refractivity contribution in [2.75, 3.05) is 0 Å². The van der Waals surface area contributed by atoms with Crippen molar-refractivity contribution < 1.29 is 27.9 Å². The van der Waals surface area contributed by atoms with Gasteiger partial charge < -0.3 is 26.4 Å². The van der Waals surface area contributed by atoms with Gasteiger partial charge in [0.25, 0.3) is 10.1 Å². The third-order valence-corrected chi connectivity index (χ3v) is 12.1. The van der Waals surface area contributed by atoms with Crippen molar-refractivity contribution in [2.45, 2.75) is 74.9 Å². The molecule has 9 nitrogen and oxygen atoms in total. The van der Waals surface area contributed by atoms with Crippen LogP contribution in [0.15, 0.2) is 77.3 Å². The second kappa shape index (κ2) is 11.7. The van der Waals surface area contributed by atoms with Crippen molar-refractivity contribution >= 4 is 16.1 Å². The topological polar surface area (TPSA) is 168 Å². The first kappa shape index (κ1) is 30.8. The van der Waals surface area contributed by atoms with E-state index in [-0.39, 0.29) is 41.8 Å². The fraction of sp³-hybridized carbons (Fsp3) is 0.417. The molecule has 4 heterocycles. The lowest BCUT2D eigenvalue weighted by Crippen LogP contribution is -2.41. The molecule has 8 unspecified atom stereocenters. The van der Waals surface area contributed by atoms with Gasteiger partial charge in [-0.1, -0.05) is 43.3 Å². The summed E-state index contributed by atoms with van der Waals surface area (Å²) in [5, 5.41) is 20.3. The monoisotopic (exact) mass is 643 g/mol. The highest BCUT2D eigenvalue weighted by Crippen LogP contribution is 2.54. The fourth-order valence-corrected chi connectivity index (χ4v) is 9.72. The van der Waals surface area contributed by atoms with Gasteiger partial charge in [0.2, 0.25) is 6.23 Å². The number of guanidine groups is 1.